The number of anilines is 1. The second-order valence-electron chi connectivity index (χ2n) is 3.11. The molecule has 0 unspecified atom stereocenters. The first-order valence-electron chi connectivity index (χ1n) is 4.32. The van der Waals surface area contributed by atoms with Gasteiger partial charge in [0.2, 0.25) is 0 Å². The lowest BCUT2D eigenvalue weighted by atomic mass is 10.2. The maximum Gasteiger partial charge on any atom is 0.172 e. The first kappa shape index (κ1) is 9.21. The van der Waals surface area contributed by atoms with Gasteiger partial charge in [0.15, 0.2) is 11.0 Å². The largest absolute Gasteiger partial charge is 0.371 e. The van der Waals surface area contributed by atoms with Gasteiger partial charge < -0.3 is 5.32 Å². The van der Waals surface area contributed by atoms with Crippen LogP contribution in [0.1, 0.15) is 5.56 Å². The summed E-state index contributed by atoms with van der Waals surface area (Å²) in [4.78, 5) is 8.58. The quantitative estimate of drug-likeness (QED) is 0.781. The van der Waals surface area contributed by atoms with Crippen molar-refractivity contribution in [1.29, 1.82) is 0 Å². The summed E-state index contributed by atoms with van der Waals surface area (Å²) in [7, 11) is 1.78. The van der Waals surface area contributed by atoms with Gasteiger partial charge in [-0.15, -0.1) is 0 Å². The van der Waals surface area contributed by atoms with Crippen molar-refractivity contribution in [3.8, 4) is 0 Å². The smallest absolute Gasteiger partial charge is 0.172 e. The minimum Gasteiger partial charge on any atom is -0.371 e. The third kappa shape index (κ3) is 1.51. The van der Waals surface area contributed by atoms with E-state index in [4.69, 9.17) is 11.6 Å². The van der Waals surface area contributed by atoms with Crippen LogP contribution in [0, 0.1) is 6.92 Å². The molecule has 0 spiro atoms. The number of benzene rings is 1. The van der Waals surface area contributed by atoms with Gasteiger partial charge in [0.1, 0.15) is 0 Å². The van der Waals surface area contributed by atoms with Gasteiger partial charge in [-0.1, -0.05) is 17.7 Å². The van der Waals surface area contributed by atoms with Crippen molar-refractivity contribution in [3.63, 3.8) is 0 Å². The number of hydrogen-bond acceptors (Lipinski definition) is 3. The van der Waals surface area contributed by atoms with Crippen LogP contribution in [-0.4, -0.2) is 17.0 Å². The molecule has 0 atom stereocenters. The van der Waals surface area contributed by atoms with Crippen LogP contribution in [0.15, 0.2) is 18.2 Å². The summed E-state index contributed by atoms with van der Waals surface area (Å²) in [5.41, 5.74) is 2.84. The summed E-state index contributed by atoms with van der Waals surface area (Å²) < 4.78 is 0. The van der Waals surface area contributed by atoms with Crippen molar-refractivity contribution in [2.24, 2.45) is 0 Å². The maximum atomic E-state index is 5.91. The zero-order valence-corrected chi connectivity index (χ0v) is 8.76. The summed E-state index contributed by atoms with van der Waals surface area (Å²) in [5, 5.41) is 3.31. The van der Waals surface area contributed by atoms with Gasteiger partial charge in [0.05, 0.1) is 11.0 Å². The number of aromatic nitrogens is 2. The normalized spacial score (nSPS) is 10.5. The van der Waals surface area contributed by atoms with Crippen LogP contribution in [0.3, 0.4) is 0 Å². The summed E-state index contributed by atoms with van der Waals surface area (Å²) in [6.07, 6.45) is 0. The van der Waals surface area contributed by atoms with Gasteiger partial charge in [-0.25, -0.2) is 9.97 Å². The Morgan fingerprint density at radius 3 is 2.71 bits per heavy atom. The average Bonchev–Trinajstić information content (AvgIpc) is 2.17. The van der Waals surface area contributed by atoms with Crippen molar-refractivity contribution < 1.29 is 0 Å². The highest BCUT2D eigenvalue weighted by Crippen LogP contribution is 2.21. The highest BCUT2D eigenvalue weighted by atomic mass is 35.5. The molecule has 2 rings (SSSR count). The molecule has 1 aromatic heterocycles. The number of aryl methyl sites for hydroxylation is 1. The molecule has 1 N–H and O–H groups in total. The van der Waals surface area contributed by atoms with E-state index in [2.05, 4.69) is 15.3 Å². The second kappa shape index (κ2) is 3.42. The van der Waals surface area contributed by atoms with E-state index in [1.807, 2.05) is 25.1 Å². The van der Waals surface area contributed by atoms with Gasteiger partial charge in [-0.05, 0) is 24.6 Å². The third-order valence-electron chi connectivity index (χ3n) is 2.01. The van der Waals surface area contributed by atoms with Gasteiger partial charge in [0, 0.05) is 7.05 Å². The Labute approximate surface area is 87.1 Å². The minimum absolute atomic E-state index is 0.406. The Hall–Kier alpha value is -1.35. The van der Waals surface area contributed by atoms with E-state index >= 15 is 0 Å². The van der Waals surface area contributed by atoms with Crippen LogP contribution in [0.4, 0.5) is 5.82 Å². The third-order valence-corrected chi connectivity index (χ3v) is 2.28. The molecule has 1 aromatic carbocycles. The van der Waals surface area contributed by atoms with Crippen molar-refractivity contribution in [1.82, 2.24) is 9.97 Å². The predicted octanol–water partition coefficient (Wildman–Crippen LogP) is 2.63. The van der Waals surface area contributed by atoms with E-state index in [1.165, 1.54) is 0 Å². The van der Waals surface area contributed by atoms with Crippen LogP contribution < -0.4 is 5.32 Å². The lowest BCUT2D eigenvalue weighted by molar-refractivity contribution is 1.26. The van der Waals surface area contributed by atoms with E-state index in [0.29, 0.717) is 11.0 Å². The molecule has 14 heavy (non-hydrogen) atoms. The molecule has 0 aliphatic rings. The van der Waals surface area contributed by atoms with Gasteiger partial charge in [-0.3, -0.25) is 0 Å². The second-order valence-corrected chi connectivity index (χ2v) is 3.46. The molecule has 72 valence electrons. The van der Waals surface area contributed by atoms with Gasteiger partial charge in [-0.2, -0.15) is 0 Å². The Bertz CT molecular complexity index is 482. The lowest BCUT2D eigenvalue weighted by Gasteiger charge is -2.04. The molecule has 2 aromatic rings. The molecule has 0 radical (unpaired) electrons. The number of rotatable bonds is 1. The molecule has 0 aliphatic heterocycles. The predicted molar refractivity (Wildman–Crippen MR) is 58.8 cm³/mol. The molecule has 0 aliphatic carbocycles. The summed E-state index contributed by atoms with van der Waals surface area (Å²) >= 11 is 5.91. The number of nitrogens with zero attached hydrogens (tertiary/aromatic N) is 2. The van der Waals surface area contributed by atoms with E-state index in [-0.39, 0.29) is 0 Å². The summed E-state index contributed by atoms with van der Waals surface area (Å²) in [6, 6.07) is 5.90. The molecule has 0 amide bonds. The molecule has 0 bridgehead atoms. The molecule has 1 heterocycles. The Morgan fingerprint density at radius 1 is 1.21 bits per heavy atom. The first-order valence-corrected chi connectivity index (χ1v) is 4.70. The topological polar surface area (TPSA) is 37.8 Å². The first-order chi connectivity index (χ1) is 6.70. The molecule has 0 saturated heterocycles. The number of fused-ring (bicyclic) bond motifs is 1. The van der Waals surface area contributed by atoms with E-state index in [1.54, 1.807) is 7.05 Å². The number of nitrogens with one attached hydrogen (secondary N) is 1. The van der Waals surface area contributed by atoms with Crippen LogP contribution in [0.2, 0.25) is 5.15 Å². The molecular weight excluding hydrogens is 198 g/mol. The average molecular weight is 208 g/mol. The van der Waals surface area contributed by atoms with Crippen LogP contribution >= 0.6 is 11.6 Å². The molecule has 0 saturated carbocycles. The fraction of sp³-hybridized carbons (Fsp3) is 0.200. The van der Waals surface area contributed by atoms with E-state index in [9.17, 15) is 0 Å². The Morgan fingerprint density at radius 2 is 2.00 bits per heavy atom. The fourth-order valence-corrected chi connectivity index (χ4v) is 1.53. The van der Waals surface area contributed by atoms with Gasteiger partial charge in [0.25, 0.3) is 0 Å². The molecular formula is C10H10ClN3. The molecule has 3 nitrogen and oxygen atoms in total. The zero-order valence-electron chi connectivity index (χ0n) is 8.00. The Kier molecular flexibility index (Phi) is 2.25. The number of halogens is 1. The Balaban J connectivity index is 2.73. The maximum absolute atomic E-state index is 5.91. The van der Waals surface area contributed by atoms with E-state index in [0.717, 1.165) is 16.6 Å². The van der Waals surface area contributed by atoms with Crippen molar-refractivity contribution in [2.45, 2.75) is 6.92 Å². The minimum atomic E-state index is 0.406. The lowest BCUT2D eigenvalue weighted by Crippen LogP contribution is -1.96. The molecule has 0 fully saturated rings. The van der Waals surface area contributed by atoms with E-state index < -0.39 is 0 Å². The van der Waals surface area contributed by atoms with Crippen LogP contribution in [-0.2, 0) is 0 Å². The number of hydrogen-bond donors (Lipinski definition) is 1. The highest BCUT2D eigenvalue weighted by molar-refractivity contribution is 6.32. The SMILES string of the molecule is CNc1nc2cc(C)ccc2nc1Cl. The summed E-state index contributed by atoms with van der Waals surface area (Å²) in [5.74, 6) is 0.616. The van der Waals surface area contributed by atoms with Crippen LogP contribution in [0.25, 0.3) is 11.0 Å². The zero-order chi connectivity index (χ0) is 10.1. The summed E-state index contributed by atoms with van der Waals surface area (Å²) in [6.45, 7) is 2.02. The van der Waals surface area contributed by atoms with Crippen molar-refractivity contribution >= 4 is 28.5 Å². The monoisotopic (exact) mass is 207 g/mol. The van der Waals surface area contributed by atoms with Crippen LogP contribution in [0.5, 0.6) is 0 Å². The highest BCUT2D eigenvalue weighted by Gasteiger charge is 2.04. The molecule has 4 heteroatoms. The van der Waals surface area contributed by atoms with Gasteiger partial charge >= 0.3 is 0 Å². The van der Waals surface area contributed by atoms with Crippen molar-refractivity contribution in [2.75, 3.05) is 12.4 Å². The standard InChI is InChI=1S/C10H10ClN3/c1-6-3-4-7-8(5-6)14-10(12-2)9(11)13-7/h3-5H,1-2H3,(H,12,14). The fourth-order valence-electron chi connectivity index (χ4n) is 1.30. The van der Waals surface area contributed by atoms with Crippen molar-refractivity contribution in [3.05, 3.63) is 28.9 Å².